The minimum Gasteiger partial charge on any atom is -0.481 e. The van der Waals surface area contributed by atoms with Crippen LogP contribution in [-0.4, -0.2) is 36.9 Å². The molecule has 1 fully saturated rings. The highest BCUT2D eigenvalue weighted by molar-refractivity contribution is 7.89. The Balaban J connectivity index is 2.35. The number of hydrogen-bond acceptors (Lipinski definition) is 3. The Morgan fingerprint density at radius 3 is 2.80 bits per heavy atom. The first-order valence-corrected chi connectivity index (χ1v) is 7.82. The average Bonchev–Trinajstić information content (AvgIpc) is 2.41. The van der Waals surface area contributed by atoms with Gasteiger partial charge in [-0.2, -0.15) is 4.31 Å². The van der Waals surface area contributed by atoms with Gasteiger partial charge in [0.25, 0.3) is 0 Å². The maximum atomic E-state index is 13.2. The number of carboxylic acids is 1. The van der Waals surface area contributed by atoms with Crippen LogP contribution < -0.4 is 0 Å². The molecule has 1 aromatic carbocycles. The molecule has 110 valence electrons. The first kappa shape index (κ1) is 15.2. The van der Waals surface area contributed by atoms with E-state index in [0.717, 1.165) is 16.4 Å². The highest BCUT2D eigenvalue weighted by Crippen LogP contribution is 2.28. The molecule has 0 saturated carbocycles. The van der Waals surface area contributed by atoms with Crippen LogP contribution in [0.5, 0.6) is 0 Å². The minimum atomic E-state index is -3.98. The number of carboxylic acid groups (broad SMARTS) is 1. The molecule has 20 heavy (non-hydrogen) atoms. The minimum absolute atomic E-state index is 0.0798. The molecule has 1 heterocycles. The summed E-state index contributed by atoms with van der Waals surface area (Å²) in [6.07, 6.45) is 0.876. The van der Waals surface area contributed by atoms with Gasteiger partial charge < -0.3 is 5.11 Å². The van der Waals surface area contributed by atoms with E-state index in [1.807, 2.05) is 0 Å². The normalized spacial score (nSPS) is 20.8. The summed E-state index contributed by atoms with van der Waals surface area (Å²) in [6, 6.07) is 3.09. The predicted molar refractivity (Wildman–Crippen MR) is 70.5 cm³/mol. The number of benzene rings is 1. The number of hydrogen-bond donors (Lipinski definition) is 1. The molecule has 0 radical (unpaired) electrons. The molecule has 0 spiro atoms. The largest absolute Gasteiger partial charge is 0.481 e. The third kappa shape index (κ3) is 2.94. The van der Waals surface area contributed by atoms with Gasteiger partial charge in [0.05, 0.1) is 10.9 Å². The van der Waals surface area contributed by atoms with E-state index in [0.29, 0.717) is 12.8 Å². The van der Waals surface area contributed by atoms with Crippen LogP contribution in [0.3, 0.4) is 0 Å². The van der Waals surface area contributed by atoms with Crippen molar-refractivity contribution < 1.29 is 22.7 Å². The molecule has 1 aliphatic rings. The molecule has 0 aromatic heterocycles. The molecule has 0 amide bonds. The Morgan fingerprint density at radius 1 is 1.45 bits per heavy atom. The van der Waals surface area contributed by atoms with Gasteiger partial charge in [-0.1, -0.05) is 11.6 Å². The second-order valence-corrected chi connectivity index (χ2v) is 6.93. The summed E-state index contributed by atoms with van der Waals surface area (Å²) in [6.45, 7) is 0.0868. The fourth-order valence-electron chi connectivity index (χ4n) is 2.18. The molecule has 0 bridgehead atoms. The molecule has 5 nitrogen and oxygen atoms in total. The van der Waals surface area contributed by atoms with Crippen LogP contribution >= 0.6 is 11.6 Å². The van der Waals surface area contributed by atoms with Crippen molar-refractivity contribution in [3.05, 3.63) is 29.0 Å². The van der Waals surface area contributed by atoms with Gasteiger partial charge in [0.1, 0.15) is 10.7 Å². The van der Waals surface area contributed by atoms with Gasteiger partial charge in [-0.3, -0.25) is 4.79 Å². The van der Waals surface area contributed by atoms with Crippen molar-refractivity contribution in [2.45, 2.75) is 17.7 Å². The summed E-state index contributed by atoms with van der Waals surface area (Å²) in [4.78, 5) is 10.6. The van der Waals surface area contributed by atoms with E-state index in [9.17, 15) is 17.6 Å². The van der Waals surface area contributed by atoms with Crippen LogP contribution in [0.25, 0.3) is 0 Å². The lowest BCUT2D eigenvalue weighted by molar-refractivity contribution is -0.142. The highest BCUT2D eigenvalue weighted by Gasteiger charge is 2.34. The zero-order chi connectivity index (χ0) is 14.9. The first-order chi connectivity index (χ1) is 9.32. The first-order valence-electron chi connectivity index (χ1n) is 6.00. The smallest absolute Gasteiger partial charge is 0.307 e. The fraction of sp³-hybridized carbons (Fsp3) is 0.417. The molecular formula is C12H13ClFNO4S. The lowest BCUT2D eigenvalue weighted by Gasteiger charge is -2.30. The summed E-state index contributed by atoms with van der Waals surface area (Å²) in [5.41, 5.74) is 0. The van der Waals surface area contributed by atoms with Crippen LogP contribution in [0.15, 0.2) is 23.1 Å². The number of piperidine rings is 1. The van der Waals surface area contributed by atoms with Crippen molar-refractivity contribution in [1.29, 1.82) is 0 Å². The van der Waals surface area contributed by atoms with Crippen molar-refractivity contribution in [3.63, 3.8) is 0 Å². The molecule has 1 N–H and O–H groups in total. The van der Waals surface area contributed by atoms with Gasteiger partial charge >= 0.3 is 5.97 Å². The highest BCUT2D eigenvalue weighted by atomic mass is 35.5. The van der Waals surface area contributed by atoms with Crippen molar-refractivity contribution in [2.75, 3.05) is 13.1 Å². The molecular weight excluding hydrogens is 309 g/mol. The van der Waals surface area contributed by atoms with E-state index < -0.39 is 27.7 Å². The number of carbonyl (C=O) groups is 1. The lowest BCUT2D eigenvalue weighted by atomic mass is 10.0. The molecule has 1 aromatic rings. The van der Waals surface area contributed by atoms with Crippen LogP contribution in [0.2, 0.25) is 5.02 Å². The Bertz CT molecular complexity index is 634. The molecule has 1 aliphatic heterocycles. The number of sulfonamides is 1. The predicted octanol–water partition coefficient (Wildman–Crippen LogP) is 1.96. The van der Waals surface area contributed by atoms with Crippen molar-refractivity contribution >= 4 is 27.6 Å². The van der Waals surface area contributed by atoms with E-state index in [-0.39, 0.29) is 23.0 Å². The number of halogens is 2. The van der Waals surface area contributed by atoms with E-state index in [1.165, 1.54) is 6.07 Å². The average molecular weight is 322 g/mol. The van der Waals surface area contributed by atoms with Gasteiger partial charge in [0.2, 0.25) is 10.0 Å². The number of rotatable bonds is 3. The van der Waals surface area contributed by atoms with E-state index in [1.54, 1.807) is 0 Å². The standard InChI is InChI=1S/C12H13ClFNO4S/c13-10-4-3-9(14)6-11(10)20(18,19)15-5-1-2-8(7-15)12(16)17/h3-4,6,8H,1-2,5,7H2,(H,16,17)/t8-/m1/s1. The van der Waals surface area contributed by atoms with E-state index in [4.69, 9.17) is 16.7 Å². The molecule has 0 aliphatic carbocycles. The summed E-state index contributed by atoms with van der Waals surface area (Å²) in [7, 11) is -3.98. The summed E-state index contributed by atoms with van der Waals surface area (Å²) in [5, 5.41) is 8.90. The monoisotopic (exact) mass is 321 g/mol. The van der Waals surface area contributed by atoms with Crippen molar-refractivity contribution in [1.82, 2.24) is 4.31 Å². The Labute approximate surface area is 121 Å². The Kier molecular flexibility index (Phi) is 4.31. The summed E-state index contributed by atoms with van der Waals surface area (Å²) in [5.74, 6) is -2.49. The Hall–Kier alpha value is -1.18. The number of aliphatic carboxylic acids is 1. The van der Waals surface area contributed by atoms with E-state index in [2.05, 4.69) is 0 Å². The number of nitrogens with zero attached hydrogens (tertiary/aromatic N) is 1. The van der Waals surface area contributed by atoms with Crippen molar-refractivity contribution in [3.8, 4) is 0 Å². The maximum absolute atomic E-state index is 13.2. The van der Waals surface area contributed by atoms with Crippen molar-refractivity contribution in [2.24, 2.45) is 5.92 Å². The van der Waals surface area contributed by atoms with Crippen LogP contribution in [-0.2, 0) is 14.8 Å². The second-order valence-electron chi connectivity index (χ2n) is 4.62. The third-order valence-electron chi connectivity index (χ3n) is 3.24. The molecule has 2 rings (SSSR count). The lowest BCUT2D eigenvalue weighted by Crippen LogP contribution is -2.42. The van der Waals surface area contributed by atoms with Crippen LogP contribution in [0, 0.1) is 11.7 Å². The summed E-state index contributed by atoms with van der Waals surface area (Å²) < 4.78 is 39.1. The van der Waals surface area contributed by atoms with Crippen LogP contribution in [0.4, 0.5) is 4.39 Å². The second kappa shape index (κ2) is 5.67. The fourth-order valence-corrected chi connectivity index (χ4v) is 4.19. The van der Waals surface area contributed by atoms with Gasteiger partial charge in [0, 0.05) is 13.1 Å². The van der Waals surface area contributed by atoms with Gasteiger partial charge in [0.15, 0.2) is 0 Å². The zero-order valence-corrected chi connectivity index (χ0v) is 12.0. The zero-order valence-electron chi connectivity index (χ0n) is 10.4. The molecule has 1 atom stereocenters. The van der Waals surface area contributed by atoms with Gasteiger partial charge in [-0.05, 0) is 31.0 Å². The van der Waals surface area contributed by atoms with Gasteiger partial charge in [-0.25, -0.2) is 12.8 Å². The summed E-state index contributed by atoms with van der Waals surface area (Å²) >= 11 is 5.81. The molecule has 8 heteroatoms. The van der Waals surface area contributed by atoms with E-state index >= 15 is 0 Å². The van der Waals surface area contributed by atoms with Gasteiger partial charge in [-0.15, -0.1) is 0 Å². The maximum Gasteiger partial charge on any atom is 0.307 e. The topological polar surface area (TPSA) is 74.7 Å². The Morgan fingerprint density at radius 2 is 2.15 bits per heavy atom. The SMILES string of the molecule is O=C(O)[C@@H]1CCCN(S(=O)(=O)c2cc(F)ccc2Cl)C1. The van der Waals surface area contributed by atoms with Crippen LogP contribution in [0.1, 0.15) is 12.8 Å². The molecule has 0 unspecified atom stereocenters. The quantitative estimate of drug-likeness (QED) is 0.923. The third-order valence-corrected chi connectivity index (χ3v) is 5.59. The molecule has 1 saturated heterocycles.